The van der Waals surface area contributed by atoms with Crippen LogP contribution in [-0.2, 0) is 25.7 Å². The zero-order valence-electron chi connectivity index (χ0n) is 38.7. The Morgan fingerprint density at radius 1 is 0.896 bits per heavy atom. The lowest BCUT2D eigenvalue weighted by molar-refractivity contribution is -0.144. The lowest BCUT2D eigenvalue weighted by atomic mass is 9.85. The number of aliphatic imine (C=N–C) groups is 1. The maximum absolute atomic E-state index is 14.1. The summed E-state index contributed by atoms with van der Waals surface area (Å²) in [7, 11) is 0. The number of aliphatic carboxylic acids is 1. The van der Waals surface area contributed by atoms with Crippen molar-refractivity contribution in [1.82, 2.24) is 35.3 Å². The first-order valence-corrected chi connectivity index (χ1v) is 23.8. The molecule has 0 aliphatic carbocycles. The minimum absolute atomic E-state index is 0.0334. The third-order valence-electron chi connectivity index (χ3n) is 12.5. The molecule has 1 fully saturated rings. The molecule has 2 aliphatic rings. The van der Waals surface area contributed by atoms with Crippen LogP contribution in [-0.4, -0.2) is 95.6 Å². The van der Waals surface area contributed by atoms with Gasteiger partial charge in [-0.25, -0.2) is 4.98 Å². The number of carbonyl (C=O) groups is 4. The number of amides is 3. The largest absolute Gasteiger partial charge is 0.484 e. The van der Waals surface area contributed by atoms with Gasteiger partial charge in [0.25, 0.3) is 5.91 Å². The molecule has 8 rings (SSSR count). The van der Waals surface area contributed by atoms with E-state index in [0.717, 1.165) is 59.4 Å². The van der Waals surface area contributed by atoms with Gasteiger partial charge in [0.05, 0.1) is 33.8 Å². The molecular formula is C50H54N8O7S2. The van der Waals surface area contributed by atoms with Crippen LogP contribution in [0.15, 0.2) is 83.3 Å². The number of aliphatic hydroxyl groups is 1. The van der Waals surface area contributed by atoms with Crippen LogP contribution in [0.3, 0.4) is 0 Å². The van der Waals surface area contributed by atoms with Gasteiger partial charge in [0, 0.05) is 35.5 Å². The summed E-state index contributed by atoms with van der Waals surface area (Å²) in [6.45, 7) is 14.9. The summed E-state index contributed by atoms with van der Waals surface area (Å²) in [6, 6.07) is 20.4. The number of fused-ring (bicyclic) bond motifs is 3. The van der Waals surface area contributed by atoms with Crippen LogP contribution < -0.4 is 15.4 Å². The summed E-state index contributed by atoms with van der Waals surface area (Å²) in [4.78, 5) is 66.3. The smallest absolute Gasteiger partial charge is 0.308 e. The van der Waals surface area contributed by atoms with E-state index in [0.29, 0.717) is 23.1 Å². The Bertz CT molecular complexity index is 2860. The van der Waals surface area contributed by atoms with Crippen molar-refractivity contribution in [3.63, 3.8) is 0 Å². The number of aryl methyl sites for hydroxylation is 3. The van der Waals surface area contributed by atoms with Gasteiger partial charge in [-0.05, 0) is 80.0 Å². The highest BCUT2D eigenvalue weighted by Crippen LogP contribution is 2.41. The number of hydrogen-bond acceptors (Lipinski definition) is 12. The first-order valence-electron chi connectivity index (χ1n) is 22.1. The SMILES string of the molecule is Cc1ncsc1-c1ccc(CNC(=O)[C@@H]2C[C@@H](O)CN2C(=O)[C@@H](NC(=O)COc2ccc(-c3ccc(C4=N[C@@H](C(C)C(=O)O)c5nnc(C)n5-c5sc(C)c(C)c54)cc3)cc2)C(C)(C)C)cc1. The van der Waals surface area contributed by atoms with Crippen LogP contribution in [0.4, 0.5) is 0 Å². The highest BCUT2D eigenvalue weighted by atomic mass is 32.1. The van der Waals surface area contributed by atoms with Gasteiger partial charge >= 0.3 is 5.97 Å². The Hall–Kier alpha value is -6.56. The van der Waals surface area contributed by atoms with Crippen molar-refractivity contribution >= 4 is 52.1 Å². The summed E-state index contributed by atoms with van der Waals surface area (Å²) in [5, 5.41) is 36.1. The second-order valence-electron chi connectivity index (χ2n) is 18.3. The third-order valence-corrected chi connectivity index (χ3v) is 14.6. The molecule has 5 heterocycles. The molecule has 0 spiro atoms. The highest BCUT2D eigenvalue weighted by Gasteiger charge is 2.44. The number of carbonyl (C=O) groups excluding carboxylic acids is 3. The van der Waals surface area contributed by atoms with Crippen LogP contribution in [0.5, 0.6) is 5.75 Å². The number of nitrogens with one attached hydrogen (secondary N) is 2. The number of carboxylic acid groups (broad SMARTS) is 1. The molecule has 0 radical (unpaired) electrons. The first-order chi connectivity index (χ1) is 31.9. The number of β-amino-alcohol motifs (C(OH)–C–C–N with tert-alkyl or cyclic N) is 1. The van der Waals surface area contributed by atoms with Gasteiger partial charge in [0.2, 0.25) is 11.8 Å². The van der Waals surface area contributed by atoms with Gasteiger partial charge in [-0.2, -0.15) is 0 Å². The normalized spacial score (nSPS) is 17.7. The standard InChI is InChI=1S/C50H54N8O7S2/c1-26-29(4)67-48-40(26)42(54-41(27(2)49(63)64)45-56-55-30(5)58(45)48)34-15-13-32(14-16-34)33-17-19-37(20-18-33)65-24-39(60)53-44(50(6,7)8)47(62)57-23-36(59)21-38(57)46(61)51-22-31-9-11-35(12-10-31)43-28(3)52-25-66-43/h9-20,25,27,36,38,41,44,59H,21-24H2,1-8H3,(H,51,61)(H,53,60)(H,63,64)/t27?,36-,38+,41+,44-/m1/s1. The zero-order chi connectivity index (χ0) is 47.9. The molecule has 3 aromatic carbocycles. The van der Waals surface area contributed by atoms with E-state index in [1.54, 1.807) is 41.7 Å². The lowest BCUT2D eigenvalue weighted by Crippen LogP contribution is -2.58. The van der Waals surface area contributed by atoms with Gasteiger partial charge in [0.15, 0.2) is 12.4 Å². The number of carboxylic acids is 1. The van der Waals surface area contributed by atoms with Gasteiger partial charge in [0.1, 0.15) is 34.7 Å². The van der Waals surface area contributed by atoms with Gasteiger partial charge < -0.3 is 30.5 Å². The van der Waals surface area contributed by atoms with Crippen molar-refractivity contribution < 1.29 is 34.1 Å². The quantitative estimate of drug-likeness (QED) is 0.0922. The molecule has 15 nitrogen and oxygen atoms in total. The Kier molecular flexibility index (Phi) is 13.3. The van der Waals surface area contributed by atoms with Crippen molar-refractivity contribution in [2.24, 2.45) is 16.3 Å². The van der Waals surface area contributed by atoms with Crippen LogP contribution in [0.1, 0.15) is 84.6 Å². The van der Waals surface area contributed by atoms with E-state index in [1.807, 2.05) is 105 Å². The van der Waals surface area contributed by atoms with Crippen LogP contribution in [0.2, 0.25) is 0 Å². The maximum Gasteiger partial charge on any atom is 0.308 e. The first kappa shape index (κ1) is 47.0. The predicted molar refractivity (Wildman–Crippen MR) is 258 cm³/mol. The molecule has 4 N–H and O–H groups in total. The fourth-order valence-corrected chi connectivity index (χ4v) is 10.5. The van der Waals surface area contributed by atoms with Crippen molar-refractivity contribution in [3.8, 4) is 32.3 Å². The van der Waals surface area contributed by atoms with Crippen LogP contribution >= 0.6 is 22.7 Å². The summed E-state index contributed by atoms with van der Waals surface area (Å²) >= 11 is 3.18. The monoisotopic (exact) mass is 942 g/mol. The number of ether oxygens (including phenoxy) is 1. The number of hydrogen-bond donors (Lipinski definition) is 4. The fraction of sp³-hybridized carbons (Fsp3) is 0.360. The average Bonchev–Trinajstić information content (AvgIpc) is 4.07. The van der Waals surface area contributed by atoms with Crippen molar-refractivity contribution in [3.05, 3.63) is 123 Å². The molecule has 1 saturated heterocycles. The predicted octanol–water partition coefficient (Wildman–Crippen LogP) is 7.15. The second-order valence-corrected chi connectivity index (χ2v) is 20.3. The number of aliphatic hydroxyl groups excluding tert-OH is 1. The number of thiazole rings is 1. The molecular weight excluding hydrogens is 889 g/mol. The Morgan fingerprint density at radius 3 is 2.16 bits per heavy atom. The number of benzene rings is 3. The van der Waals surface area contributed by atoms with E-state index in [1.165, 1.54) is 4.90 Å². The topological polar surface area (TPSA) is 201 Å². The molecule has 0 saturated carbocycles. The van der Waals surface area contributed by atoms with E-state index in [-0.39, 0.29) is 32.0 Å². The number of thiophene rings is 1. The number of nitrogens with zero attached hydrogens (tertiary/aromatic N) is 6. The highest BCUT2D eigenvalue weighted by molar-refractivity contribution is 7.15. The summed E-state index contributed by atoms with van der Waals surface area (Å²) in [5.41, 5.74) is 9.32. The Balaban J connectivity index is 0.902. The average molecular weight is 943 g/mol. The molecule has 5 atom stereocenters. The molecule has 6 aromatic rings. The Labute approximate surface area is 397 Å². The minimum atomic E-state index is -1.00. The fourth-order valence-electron chi connectivity index (χ4n) is 8.51. The van der Waals surface area contributed by atoms with Gasteiger partial charge in [-0.15, -0.1) is 32.9 Å². The zero-order valence-corrected chi connectivity index (χ0v) is 40.3. The number of likely N-dealkylation sites (tertiary alicyclic amines) is 1. The van der Waals surface area contributed by atoms with Gasteiger partial charge in [-0.3, -0.25) is 28.7 Å². The van der Waals surface area contributed by atoms with Gasteiger partial charge in [-0.1, -0.05) is 81.4 Å². The van der Waals surface area contributed by atoms with E-state index in [9.17, 15) is 29.4 Å². The molecule has 2 aliphatic heterocycles. The molecule has 67 heavy (non-hydrogen) atoms. The van der Waals surface area contributed by atoms with E-state index in [2.05, 4.69) is 39.7 Å². The Morgan fingerprint density at radius 2 is 1.54 bits per heavy atom. The maximum atomic E-state index is 14.1. The second kappa shape index (κ2) is 19.0. The molecule has 348 valence electrons. The minimum Gasteiger partial charge on any atom is -0.484 e. The van der Waals surface area contributed by atoms with Crippen molar-refractivity contribution in [2.75, 3.05) is 13.2 Å². The lowest BCUT2D eigenvalue weighted by Gasteiger charge is -2.35. The van der Waals surface area contributed by atoms with Crippen molar-refractivity contribution in [2.45, 2.75) is 92.6 Å². The van der Waals surface area contributed by atoms with E-state index < -0.39 is 53.3 Å². The third kappa shape index (κ3) is 9.67. The van der Waals surface area contributed by atoms with E-state index >= 15 is 0 Å². The molecule has 1 unspecified atom stereocenters. The molecule has 3 amide bonds. The summed E-state index contributed by atoms with van der Waals surface area (Å²) in [5.74, 6) is -1.56. The summed E-state index contributed by atoms with van der Waals surface area (Å²) in [6.07, 6.45) is -0.809. The van der Waals surface area contributed by atoms with Crippen LogP contribution in [0.25, 0.3) is 26.6 Å². The summed E-state index contributed by atoms with van der Waals surface area (Å²) < 4.78 is 7.82. The van der Waals surface area contributed by atoms with Crippen molar-refractivity contribution in [1.29, 1.82) is 0 Å². The number of rotatable bonds is 13. The molecule has 0 bridgehead atoms. The molecule has 3 aromatic heterocycles. The molecule has 17 heteroatoms. The van der Waals surface area contributed by atoms with E-state index in [4.69, 9.17) is 9.73 Å². The number of aromatic nitrogens is 4. The van der Waals surface area contributed by atoms with Crippen LogP contribution in [0, 0.1) is 39.0 Å².